The molecule has 0 radical (unpaired) electrons. The fraction of sp³-hybridized carbons (Fsp3) is 0.350. The molecule has 1 saturated heterocycles. The summed E-state index contributed by atoms with van der Waals surface area (Å²) in [7, 11) is 0. The number of para-hydroxylation sites is 1. The maximum absolute atomic E-state index is 12.1. The lowest BCUT2D eigenvalue weighted by molar-refractivity contribution is 0.0951. The second-order valence-corrected chi connectivity index (χ2v) is 6.72. The van der Waals surface area contributed by atoms with E-state index in [4.69, 9.17) is 11.6 Å². The van der Waals surface area contributed by atoms with Crippen molar-refractivity contribution in [3.05, 3.63) is 65.2 Å². The number of nitrogens with one attached hydrogen (secondary N) is 1. The molecule has 2 aromatic carbocycles. The van der Waals surface area contributed by atoms with Crippen LogP contribution in [0.4, 0.5) is 5.69 Å². The number of carbonyl (C=O) groups is 1. The molecule has 0 atom stereocenters. The lowest BCUT2D eigenvalue weighted by Crippen LogP contribution is -2.47. The van der Waals surface area contributed by atoms with Crippen LogP contribution in [0.5, 0.6) is 0 Å². The highest BCUT2D eigenvalue weighted by atomic mass is 35.5. The van der Waals surface area contributed by atoms with Crippen molar-refractivity contribution in [1.29, 1.82) is 0 Å². The number of rotatable bonds is 6. The molecule has 0 bridgehead atoms. The third-order valence-corrected chi connectivity index (χ3v) is 4.75. The summed E-state index contributed by atoms with van der Waals surface area (Å²) in [6.45, 7) is 5.94. The first-order chi connectivity index (χ1) is 12.2. The van der Waals surface area contributed by atoms with E-state index < -0.39 is 0 Å². The predicted molar refractivity (Wildman–Crippen MR) is 103 cm³/mol. The van der Waals surface area contributed by atoms with Gasteiger partial charge in [-0.1, -0.05) is 35.9 Å². The monoisotopic (exact) mass is 357 g/mol. The lowest BCUT2D eigenvalue weighted by Gasteiger charge is -2.36. The molecule has 4 nitrogen and oxygen atoms in total. The van der Waals surface area contributed by atoms with E-state index in [1.54, 1.807) is 24.3 Å². The molecule has 0 saturated carbocycles. The maximum Gasteiger partial charge on any atom is 0.251 e. The molecular formula is C20H24ClN3O. The summed E-state index contributed by atoms with van der Waals surface area (Å²) in [5, 5.41) is 3.55. The summed E-state index contributed by atoms with van der Waals surface area (Å²) >= 11 is 5.92. The van der Waals surface area contributed by atoms with Crippen LogP contribution >= 0.6 is 11.6 Å². The van der Waals surface area contributed by atoms with E-state index in [9.17, 15) is 4.79 Å². The Morgan fingerprint density at radius 3 is 2.48 bits per heavy atom. The van der Waals surface area contributed by atoms with E-state index in [1.807, 2.05) is 0 Å². The van der Waals surface area contributed by atoms with E-state index in [1.165, 1.54) is 5.69 Å². The van der Waals surface area contributed by atoms with Gasteiger partial charge in [-0.3, -0.25) is 9.69 Å². The Labute approximate surface area is 154 Å². The predicted octanol–water partition coefficient (Wildman–Crippen LogP) is 3.28. The third-order valence-electron chi connectivity index (χ3n) is 4.52. The molecule has 1 amide bonds. The number of carbonyl (C=O) groups excluding carboxylic acids is 1. The normalized spacial score (nSPS) is 15.2. The number of hydrogen-bond donors (Lipinski definition) is 1. The van der Waals surface area contributed by atoms with E-state index in [0.717, 1.165) is 39.1 Å². The van der Waals surface area contributed by atoms with Crippen molar-refractivity contribution in [1.82, 2.24) is 10.2 Å². The Bertz CT molecular complexity index is 684. The summed E-state index contributed by atoms with van der Waals surface area (Å²) in [4.78, 5) is 16.9. The molecule has 1 aliphatic heterocycles. The minimum Gasteiger partial charge on any atom is -0.369 e. The van der Waals surface area contributed by atoms with Crippen LogP contribution in [0.25, 0.3) is 0 Å². The second-order valence-electron chi connectivity index (χ2n) is 6.28. The summed E-state index contributed by atoms with van der Waals surface area (Å²) in [5.41, 5.74) is 1.92. The maximum atomic E-state index is 12.1. The standard InChI is InChI=1S/C20H24ClN3O/c21-18-7-4-6-17(16-18)20(25)22-10-5-11-23-12-14-24(15-13-23)19-8-2-1-3-9-19/h1-4,6-9,16H,5,10-15H2,(H,22,25). The van der Waals surface area contributed by atoms with Crippen molar-refractivity contribution >= 4 is 23.2 Å². The molecule has 3 rings (SSSR count). The zero-order chi connectivity index (χ0) is 17.5. The Kier molecular flexibility index (Phi) is 6.31. The molecule has 132 valence electrons. The van der Waals surface area contributed by atoms with Crippen LogP contribution in [-0.4, -0.2) is 50.1 Å². The Morgan fingerprint density at radius 2 is 1.76 bits per heavy atom. The Morgan fingerprint density at radius 1 is 1.00 bits per heavy atom. The molecule has 2 aromatic rings. The van der Waals surface area contributed by atoms with Crippen molar-refractivity contribution in [2.45, 2.75) is 6.42 Å². The van der Waals surface area contributed by atoms with Crippen LogP contribution in [0, 0.1) is 0 Å². The number of amides is 1. The van der Waals surface area contributed by atoms with Gasteiger partial charge in [0.1, 0.15) is 0 Å². The number of halogens is 1. The fourth-order valence-electron chi connectivity index (χ4n) is 3.10. The molecule has 1 fully saturated rings. The van der Waals surface area contributed by atoms with Gasteiger partial charge in [0, 0.05) is 49.0 Å². The van der Waals surface area contributed by atoms with Gasteiger partial charge in [-0.05, 0) is 43.3 Å². The van der Waals surface area contributed by atoms with Crippen molar-refractivity contribution in [3.8, 4) is 0 Å². The van der Waals surface area contributed by atoms with Crippen LogP contribution in [0.1, 0.15) is 16.8 Å². The van der Waals surface area contributed by atoms with Gasteiger partial charge in [-0.15, -0.1) is 0 Å². The average Bonchev–Trinajstić information content (AvgIpc) is 2.66. The van der Waals surface area contributed by atoms with Gasteiger partial charge in [0.15, 0.2) is 0 Å². The molecule has 25 heavy (non-hydrogen) atoms. The minimum atomic E-state index is -0.0589. The lowest BCUT2D eigenvalue weighted by atomic mass is 10.2. The fourth-order valence-corrected chi connectivity index (χ4v) is 3.30. The van der Waals surface area contributed by atoms with Crippen molar-refractivity contribution in [2.75, 3.05) is 44.2 Å². The van der Waals surface area contributed by atoms with Gasteiger partial charge >= 0.3 is 0 Å². The van der Waals surface area contributed by atoms with E-state index >= 15 is 0 Å². The summed E-state index contributed by atoms with van der Waals surface area (Å²) in [6.07, 6.45) is 0.956. The van der Waals surface area contributed by atoms with Crippen LogP contribution < -0.4 is 10.2 Å². The largest absolute Gasteiger partial charge is 0.369 e. The molecular weight excluding hydrogens is 334 g/mol. The first-order valence-electron chi connectivity index (χ1n) is 8.78. The van der Waals surface area contributed by atoms with Gasteiger partial charge in [0.05, 0.1) is 0 Å². The van der Waals surface area contributed by atoms with Gasteiger partial charge in [0.25, 0.3) is 5.91 Å². The third kappa shape index (κ3) is 5.21. The second kappa shape index (κ2) is 8.88. The topological polar surface area (TPSA) is 35.6 Å². The Balaban J connectivity index is 1.34. The zero-order valence-electron chi connectivity index (χ0n) is 14.3. The smallest absolute Gasteiger partial charge is 0.251 e. The SMILES string of the molecule is O=C(NCCCN1CCN(c2ccccc2)CC1)c1cccc(Cl)c1. The first-order valence-corrected chi connectivity index (χ1v) is 9.16. The molecule has 5 heteroatoms. The molecule has 0 aromatic heterocycles. The van der Waals surface area contributed by atoms with Crippen LogP contribution in [0.3, 0.4) is 0 Å². The van der Waals surface area contributed by atoms with Crippen molar-refractivity contribution < 1.29 is 4.79 Å². The highest BCUT2D eigenvalue weighted by Gasteiger charge is 2.16. The average molecular weight is 358 g/mol. The first kappa shape index (κ1) is 17.8. The molecule has 1 heterocycles. The van der Waals surface area contributed by atoms with E-state index in [2.05, 4.69) is 45.4 Å². The van der Waals surface area contributed by atoms with Gasteiger partial charge in [-0.25, -0.2) is 0 Å². The number of anilines is 1. The molecule has 0 aliphatic carbocycles. The number of benzene rings is 2. The van der Waals surface area contributed by atoms with Crippen LogP contribution in [-0.2, 0) is 0 Å². The quantitative estimate of drug-likeness (QED) is 0.806. The van der Waals surface area contributed by atoms with E-state index in [-0.39, 0.29) is 5.91 Å². The van der Waals surface area contributed by atoms with Crippen LogP contribution in [0.2, 0.25) is 5.02 Å². The minimum absolute atomic E-state index is 0.0589. The number of hydrogen-bond acceptors (Lipinski definition) is 3. The summed E-state index contributed by atoms with van der Waals surface area (Å²) in [6, 6.07) is 17.6. The molecule has 1 N–H and O–H groups in total. The van der Waals surface area contributed by atoms with Crippen molar-refractivity contribution in [3.63, 3.8) is 0 Å². The summed E-state index contributed by atoms with van der Waals surface area (Å²) in [5.74, 6) is -0.0589. The molecule has 1 aliphatic rings. The highest BCUT2D eigenvalue weighted by Crippen LogP contribution is 2.15. The number of piperazine rings is 1. The molecule has 0 unspecified atom stereocenters. The van der Waals surface area contributed by atoms with Crippen molar-refractivity contribution in [2.24, 2.45) is 0 Å². The van der Waals surface area contributed by atoms with Gasteiger partial charge in [0.2, 0.25) is 0 Å². The van der Waals surface area contributed by atoms with Crippen LogP contribution in [0.15, 0.2) is 54.6 Å². The Hall–Kier alpha value is -2.04. The summed E-state index contributed by atoms with van der Waals surface area (Å²) < 4.78 is 0. The number of nitrogens with zero attached hydrogens (tertiary/aromatic N) is 2. The molecule has 0 spiro atoms. The van der Waals surface area contributed by atoms with Gasteiger partial charge < -0.3 is 10.2 Å². The van der Waals surface area contributed by atoms with E-state index in [0.29, 0.717) is 17.1 Å². The highest BCUT2D eigenvalue weighted by molar-refractivity contribution is 6.30. The van der Waals surface area contributed by atoms with Gasteiger partial charge in [-0.2, -0.15) is 0 Å². The zero-order valence-corrected chi connectivity index (χ0v) is 15.1.